The van der Waals surface area contributed by atoms with Gasteiger partial charge in [-0.2, -0.15) is 5.10 Å². The number of fused-ring (bicyclic) bond motifs is 1. The van der Waals surface area contributed by atoms with Gasteiger partial charge in [-0.1, -0.05) is 24.4 Å². The van der Waals surface area contributed by atoms with Gasteiger partial charge in [0.2, 0.25) is 11.8 Å². The van der Waals surface area contributed by atoms with Crippen molar-refractivity contribution in [1.29, 1.82) is 0 Å². The summed E-state index contributed by atoms with van der Waals surface area (Å²) in [5.41, 5.74) is 14.0. The molecule has 3 heterocycles. The number of nitrogens with zero attached hydrogens (tertiary/aromatic N) is 4. The second-order valence-electron chi connectivity index (χ2n) is 9.64. The number of pyridine rings is 1. The summed E-state index contributed by atoms with van der Waals surface area (Å²) in [6.07, 6.45) is 7.81. The molecule has 0 saturated heterocycles. The summed E-state index contributed by atoms with van der Waals surface area (Å²) >= 11 is 0. The van der Waals surface area contributed by atoms with Crippen LogP contribution >= 0.6 is 0 Å². The van der Waals surface area contributed by atoms with Crippen molar-refractivity contribution in [3.8, 4) is 0 Å². The van der Waals surface area contributed by atoms with Crippen molar-refractivity contribution in [2.45, 2.75) is 84.4 Å². The molecule has 2 unspecified atom stereocenters. The average Bonchev–Trinajstić information content (AvgIpc) is 3.41. The number of oxime groups is 1. The van der Waals surface area contributed by atoms with Gasteiger partial charge in [-0.05, 0) is 40.5 Å². The molecule has 10 heteroatoms. The van der Waals surface area contributed by atoms with Gasteiger partial charge in [0, 0.05) is 30.8 Å². The standard InChI is InChI=1S/C24H35N7O3/c1-5-31-23-19(15(4)29-31)20(28-16-9-7-6-8-10-16)17(12-27-23)18-11-24(34-30-18,13(2)21(25)32)14(3)22(26)33/h12-14,16H,5-11H2,1-4H3,(H2,25,32)(H2,26,33)(H,27,28). The predicted molar refractivity (Wildman–Crippen MR) is 130 cm³/mol. The summed E-state index contributed by atoms with van der Waals surface area (Å²) in [6.45, 7) is 8.03. The van der Waals surface area contributed by atoms with Crippen LogP contribution in [0.3, 0.4) is 0 Å². The minimum absolute atomic E-state index is 0.217. The first-order chi connectivity index (χ1) is 16.2. The van der Waals surface area contributed by atoms with Crippen molar-refractivity contribution < 1.29 is 14.4 Å². The molecule has 0 aromatic carbocycles. The summed E-state index contributed by atoms with van der Waals surface area (Å²) in [5.74, 6) is -2.68. The van der Waals surface area contributed by atoms with E-state index < -0.39 is 29.3 Å². The van der Waals surface area contributed by atoms with Crippen molar-refractivity contribution in [2.75, 3.05) is 5.32 Å². The predicted octanol–water partition coefficient (Wildman–Crippen LogP) is 2.61. The van der Waals surface area contributed by atoms with E-state index in [4.69, 9.17) is 21.3 Å². The summed E-state index contributed by atoms with van der Waals surface area (Å²) in [6, 6.07) is 0.337. The van der Waals surface area contributed by atoms with Gasteiger partial charge >= 0.3 is 0 Å². The van der Waals surface area contributed by atoms with Gasteiger partial charge in [-0.25, -0.2) is 9.67 Å². The van der Waals surface area contributed by atoms with Gasteiger partial charge in [-0.3, -0.25) is 9.59 Å². The molecule has 34 heavy (non-hydrogen) atoms. The van der Waals surface area contributed by atoms with Crippen LogP contribution in [0.25, 0.3) is 11.0 Å². The average molecular weight is 470 g/mol. The van der Waals surface area contributed by atoms with Crippen LogP contribution in [0.2, 0.25) is 0 Å². The molecule has 2 atom stereocenters. The largest absolute Gasteiger partial charge is 0.387 e. The maximum Gasteiger partial charge on any atom is 0.224 e. The van der Waals surface area contributed by atoms with Gasteiger partial charge in [-0.15, -0.1) is 0 Å². The molecule has 5 N–H and O–H groups in total. The minimum Gasteiger partial charge on any atom is -0.387 e. The van der Waals surface area contributed by atoms with Crippen molar-refractivity contribution >= 4 is 34.2 Å². The number of hydrogen-bond acceptors (Lipinski definition) is 7. The van der Waals surface area contributed by atoms with E-state index in [-0.39, 0.29) is 6.42 Å². The highest BCUT2D eigenvalue weighted by molar-refractivity contribution is 6.11. The third kappa shape index (κ3) is 3.99. The molecule has 1 fully saturated rings. The van der Waals surface area contributed by atoms with Crippen LogP contribution in [-0.4, -0.2) is 43.9 Å². The van der Waals surface area contributed by atoms with E-state index in [2.05, 4.69) is 15.6 Å². The maximum absolute atomic E-state index is 12.2. The molecular formula is C24H35N7O3. The van der Waals surface area contributed by atoms with Crippen LogP contribution in [0.4, 0.5) is 5.69 Å². The third-order valence-electron chi connectivity index (χ3n) is 7.59. The zero-order valence-electron chi connectivity index (χ0n) is 20.4. The van der Waals surface area contributed by atoms with E-state index in [1.165, 1.54) is 19.3 Å². The zero-order chi connectivity index (χ0) is 24.6. The van der Waals surface area contributed by atoms with Crippen LogP contribution in [0.1, 0.15) is 70.6 Å². The number of hydrogen-bond donors (Lipinski definition) is 3. The molecule has 2 aromatic rings. The van der Waals surface area contributed by atoms with Gasteiger partial charge in [0.05, 0.1) is 34.3 Å². The summed E-state index contributed by atoms with van der Waals surface area (Å²) in [5, 5.41) is 13.8. The zero-order valence-corrected chi connectivity index (χ0v) is 20.4. The lowest BCUT2D eigenvalue weighted by Gasteiger charge is -2.34. The highest BCUT2D eigenvalue weighted by Crippen LogP contribution is 2.42. The molecule has 10 nitrogen and oxygen atoms in total. The lowest BCUT2D eigenvalue weighted by atomic mass is 9.74. The monoisotopic (exact) mass is 469 g/mol. The number of anilines is 1. The maximum atomic E-state index is 12.2. The Kier molecular flexibility index (Phi) is 6.51. The Morgan fingerprint density at radius 2 is 1.85 bits per heavy atom. The quantitative estimate of drug-likeness (QED) is 0.541. The Hall–Kier alpha value is -3.17. The van der Waals surface area contributed by atoms with Gasteiger partial charge in [0.15, 0.2) is 11.2 Å². The molecule has 184 valence electrons. The number of nitrogens with one attached hydrogen (secondary N) is 1. The lowest BCUT2D eigenvalue weighted by molar-refractivity contribution is -0.149. The Balaban J connectivity index is 1.80. The molecule has 4 rings (SSSR count). The van der Waals surface area contributed by atoms with Crippen molar-refractivity contribution in [3.63, 3.8) is 0 Å². The SMILES string of the molecule is CCn1nc(C)c2c(NC3CCCCC3)c(C3=NOC(C(C)C(N)=O)(C(C)C(N)=O)C3)cnc21. The second kappa shape index (κ2) is 9.23. The fourth-order valence-corrected chi connectivity index (χ4v) is 5.29. The second-order valence-corrected chi connectivity index (χ2v) is 9.64. The topological polar surface area (TPSA) is 151 Å². The Morgan fingerprint density at radius 3 is 2.44 bits per heavy atom. The van der Waals surface area contributed by atoms with Crippen molar-refractivity contribution in [1.82, 2.24) is 14.8 Å². The van der Waals surface area contributed by atoms with Crippen LogP contribution in [0, 0.1) is 18.8 Å². The molecule has 0 radical (unpaired) electrons. The highest BCUT2D eigenvalue weighted by atomic mass is 16.7. The number of rotatable bonds is 8. The van der Waals surface area contributed by atoms with Gasteiger partial charge < -0.3 is 21.6 Å². The Morgan fingerprint density at radius 1 is 1.21 bits per heavy atom. The summed E-state index contributed by atoms with van der Waals surface area (Å²) in [7, 11) is 0. The molecule has 1 saturated carbocycles. The van der Waals surface area contributed by atoms with Gasteiger partial charge in [0.25, 0.3) is 0 Å². The van der Waals surface area contributed by atoms with Crippen molar-refractivity contribution in [3.05, 3.63) is 17.5 Å². The molecule has 1 aliphatic heterocycles. The Bertz CT molecular complexity index is 1110. The fraction of sp³-hybridized carbons (Fsp3) is 0.625. The smallest absolute Gasteiger partial charge is 0.224 e. The number of primary amides is 2. The number of aromatic nitrogens is 3. The van der Waals surface area contributed by atoms with Crippen LogP contribution in [-0.2, 0) is 21.0 Å². The highest BCUT2D eigenvalue weighted by Gasteiger charge is 2.53. The number of amides is 2. The first-order valence-corrected chi connectivity index (χ1v) is 12.2. The first kappa shape index (κ1) is 24.0. The van der Waals surface area contributed by atoms with E-state index >= 15 is 0 Å². The minimum atomic E-state index is -1.24. The fourth-order valence-electron chi connectivity index (χ4n) is 5.29. The molecule has 0 spiro atoms. The molecule has 2 amide bonds. The molecule has 1 aliphatic carbocycles. The number of carbonyl (C=O) groups excluding carboxylic acids is 2. The van der Waals surface area contributed by atoms with E-state index in [0.29, 0.717) is 18.3 Å². The number of nitrogens with two attached hydrogens (primary N) is 2. The number of carbonyl (C=O) groups is 2. The third-order valence-corrected chi connectivity index (χ3v) is 7.59. The first-order valence-electron chi connectivity index (χ1n) is 12.2. The van der Waals surface area contributed by atoms with Crippen LogP contribution < -0.4 is 16.8 Å². The van der Waals surface area contributed by atoms with Crippen LogP contribution in [0.5, 0.6) is 0 Å². The van der Waals surface area contributed by atoms with Crippen molar-refractivity contribution in [2.24, 2.45) is 28.5 Å². The van der Waals surface area contributed by atoms with E-state index in [1.807, 2.05) is 18.5 Å². The number of aryl methyl sites for hydroxylation is 2. The molecule has 0 bridgehead atoms. The van der Waals surface area contributed by atoms with Crippen LogP contribution in [0.15, 0.2) is 11.4 Å². The van der Waals surface area contributed by atoms with E-state index in [1.54, 1.807) is 20.0 Å². The molecular weight excluding hydrogens is 434 g/mol. The molecule has 2 aliphatic rings. The summed E-state index contributed by atoms with van der Waals surface area (Å²) < 4.78 is 1.89. The van der Waals surface area contributed by atoms with E-state index in [9.17, 15) is 9.59 Å². The Labute approximate surface area is 199 Å². The van der Waals surface area contributed by atoms with Gasteiger partial charge in [0.1, 0.15) is 0 Å². The van der Waals surface area contributed by atoms with E-state index in [0.717, 1.165) is 40.8 Å². The lowest BCUT2D eigenvalue weighted by Crippen LogP contribution is -2.52. The molecule has 2 aromatic heterocycles. The normalized spacial score (nSPS) is 22.8. The summed E-state index contributed by atoms with van der Waals surface area (Å²) in [4.78, 5) is 34.9.